The quantitative estimate of drug-likeness (QED) is 0.466. The van der Waals surface area contributed by atoms with Crippen LogP contribution in [0.25, 0.3) is 0 Å². The van der Waals surface area contributed by atoms with Crippen LogP contribution in [0, 0.1) is 11.3 Å². The van der Waals surface area contributed by atoms with Crippen molar-refractivity contribution in [3.05, 3.63) is 41.6 Å². The van der Waals surface area contributed by atoms with Crippen LogP contribution in [0.2, 0.25) is 0 Å². The van der Waals surface area contributed by atoms with Crippen LogP contribution < -0.4 is 5.32 Å². The molecule has 0 spiro atoms. The van der Waals surface area contributed by atoms with Crippen molar-refractivity contribution in [3.8, 4) is 6.07 Å². The van der Waals surface area contributed by atoms with Gasteiger partial charge in [-0.25, -0.2) is 13.2 Å². The van der Waals surface area contributed by atoms with Gasteiger partial charge in [0, 0.05) is 31.0 Å². The normalized spacial score (nSPS) is 18.3. The second-order valence-corrected chi connectivity index (χ2v) is 9.32. The predicted molar refractivity (Wildman–Crippen MR) is 108 cm³/mol. The Morgan fingerprint density at radius 2 is 1.93 bits per heavy atom. The zero-order valence-electron chi connectivity index (χ0n) is 16.3. The molecule has 2 rings (SSSR count). The van der Waals surface area contributed by atoms with Crippen molar-refractivity contribution in [1.29, 1.82) is 5.26 Å². The van der Waals surface area contributed by atoms with Gasteiger partial charge in [0.2, 0.25) is 0 Å². The summed E-state index contributed by atoms with van der Waals surface area (Å²) in [5.74, 6) is -1.64. The van der Waals surface area contributed by atoms with E-state index in [4.69, 9.17) is 5.11 Å². The van der Waals surface area contributed by atoms with Crippen molar-refractivity contribution in [1.82, 2.24) is 9.80 Å². The summed E-state index contributed by atoms with van der Waals surface area (Å²) < 4.78 is 23.7. The highest BCUT2D eigenvalue weighted by Gasteiger charge is 2.31. The molecular formula is C19H24N4O5S. The Bertz CT molecular complexity index is 932. The Hall–Kier alpha value is -2.90. The van der Waals surface area contributed by atoms with Crippen LogP contribution in [0.15, 0.2) is 36.0 Å². The van der Waals surface area contributed by atoms with Crippen LogP contribution >= 0.6 is 0 Å². The Labute approximate surface area is 170 Å². The molecule has 1 aliphatic heterocycles. The van der Waals surface area contributed by atoms with Gasteiger partial charge in [-0.15, -0.1) is 0 Å². The fourth-order valence-electron chi connectivity index (χ4n) is 2.90. The van der Waals surface area contributed by atoms with Crippen molar-refractivity contribution in [2.45, 2.75) is 12.5 Å². The van der Waals surface area contributed by atoms with E-state index < -0.39 is 21.7 Å². The lowest BCUT2D eigenvalue weighted by Crippen LogP contribution is -2.37. The molecule has 0 saturated carbocycles. The van der Waals surface area contributed by atoms with Crippen molar-refractivity contribution < 1.29 is 23.1 Å². The predicted octanol–water partition coefficient (Wildman–Crippen LogP) is 0.781. The smallest absolute Gasteiger partial charge is 0.335 e. The Morgan fingerprint density at radius 1 is 1.28 bits per heavy atom. The molecule has 0 radical (unpaired) electrons. The molecule has 1 saturated heterocycles. The number of carbonyl (C=O) groups excluding carboxylic acids is 1. The van der Waals surface area contributed by atoms with E-state index in [1.54, 1.807) is 4.90 Å². The molecule has 10 heteroatoms. The third-order valence-electron chi connectivity index (χ3n) is 4.53. The van der Waals surface area contributed by atoms with Gasteiger partial charge in [-0.3, -0.25) is 4.79 Å². The third-order valence-corrected chi connectivity index (χ3v) is 6.28. The molecule has 1 fully saturated rings. The number of carboxylic acid groups (broad SMARTS) is 1. The molecule has 1 unspecified atom stereocenters. The lowest BCUT2D eigenvalue weighted by Gasteiger charge is -2.28. The molecule has 2 N–H and O–H groups in total. The zero-order chi connectivity index (χ0) is 21.6. The highest BCUT2D eigenvalue weighted by molar-refractivity contribution is 7.91. The highest BCUT2D eigenvalue weighted by atomic mass is 32.2. The fraction of sp³-hybridized carbons (Fsp3) is 0.421. The second-order valence-electron chi connectivity index (χ2n) is 7.09. The lowest BCUT2D eigenvalue weighted by atomic mass is 10.2. The fourth-order valence-corrected chi connectivity index (χ4v) is 4.65. The van der Waals surface area contributed by atoms with Crippen molar-refractivity contribution in [3.63, 3.8) is 0 Å². The Morgan fingerprint density at radius 3 is 2.41 bits per heavy atom. The number of carboxylic acids is 1. The number of hydrogen-bond acceptors (Lipinski definition) is 7. The number of anilines is 1. The minimum absolute atomic E-state index is 0.00604. The van der Waals surface area contributed by atoms with Crippen LogP contribution in [0.4, 0.5) is 5.69 Å². The number of benzene rings is 1. The van der Waals surface area contributed by atoms with E-state index in [1.165, 1.54) is 30.5 Å². The molecule has 1 heterocycles. The molecule has 156 valence electrons. The van der Waals surface area contributed by atoms with E-state index in [9.17, 15) is 23.3 Å². The molecule has 9 nitrogen and oxygen atoms in total. The number of likely N-dealkylation sites (N-methyl/N-ethyl adjacent to an activating group) is 1. The number of nitrogens with one attached hydrogen (secondary N) is 1. The second kappa shape index (κ2) is 9.54. The molecule has 0 bridgehead atoms. The van der Waals surface area contributed by atoms with Crippen LogP contribution in [0.3, 0.4) is 0 Å². The van der Waals surface area contributed by atoms with Gasteiger partial charge in [0.25, 0.3) is 5.91 Å². The number of nitriles is 1. The summed E-state index contributed by atoms with van der Waals surface area (Å²) in [6, 6.07) is 7.14. The minimum atomic E-state index is -3.12. The van der Waals surface area contributed by atoms with Crippen LogP contribution in [-0.2, 0) is 14.6 Å². The third kappa shape index (κ3) is 6.58. The van der Waals surface area contributed by atoms with Crippen molar-refractivity contribution >= 4 is 27.4 Å². The molecule has 0 aromatic heterocycles. The molecule has 0 aliphatic carbocycles. The molecule has 1 aromatic rings. The number of amides is 1. The molecule has 1 aromatic carbocycles. The number of sulfone groups is 1. The van der Waals surface area contributed by atoms with Gasteiger partial charge in [0.15, 0.2) is 9.84 Å². The maximum absolute atomic E-state index is 12.5. The van der Waals surface area contributed by atoms with Gasteiger partial charge in [0.05, 0.1) is 17.1 Å². The zero-order valence-corrected chi connectivity index (χ0v) is 17.1. The summed E-state index contributed by atoms with van der Waals surface area (Å²) in [5, 5.41) is 20.9. The molecule has 1 amide bonds. The largest absolute Gasteiger partial charge is 0.478 e. The SMILES string of the molecule is CN(C)CCN(/C=C(/C#N)C(=O)Nc1ccc(C(=O)O)cc1)C1CCS(=O)(=O)C1. The average molecular weight is 420 g/mol. The maximum Gasteiger partial charge on any atom is 0.335 e. The maximum atomic E-state index is 12.5. The van der Waals surface area contributed by atoms with E-state index in [0.717, 1.165) is 0 Å². The van der Waals surface area contributed by atoms with Gasteiger partial charge in [-0.05, 0) is 44.8 Å². The first kappa shape index (κ1) is 22.4. The van der Waals surface area contributed by atoms with Crippen LogP contribution in [0.5, 0.6) is 0 Å². The monoisotopic (exact) mass is 420 g/mol. The first-order valence-electron chi connectivity index (χ1n) is 8.99. The number of nitrogens with zero attached hydrogens (tertiary/aromatic N) is 3. The first-order chi connectivity index (χ1) is 13.6. The molecule has 29 heavy (non-hydrogen) atoms. The number of hydrogen-bond donors (Lipinski definition) is 2. The van der Waals surface area contributed by atoms with Crippen LogP contribution in [-0.4, -0.2) is 79.9 Å². The minimum Gasteiger partial charge on any atom is -0.478 e. The first-order valence-corrected chi connectivity index (χ1v) is 10.8. The summed E-state index contributed by atoms with van der Waals surface area (Å²) in [7, 11) is 0.644. The van der Waals surface area contributed by atoms with Crippen molar-refractivity contribution in [2.24, 2.45) is 0 Å². The summed E-state index contributed by atoms with van der Waals surface area (Å²) in [6.45, 7) is 1.10. The summed E-state index contributed by atoms with van der Waals surface area (Å²) in [4.78, 5) is 27.1. The molecule has 1 aliphatic rings. The Balaban J connectivity index is 2.18. The van der Waals surface area contributed by atoms with Gasteiger partial charge < -0.3 is 20.2 Å². The molecule has 1 atom stereocenters. The van der Waals surface area contributed by atoms with E-state index in [1.807, 2.05) is 25.1 Å². The van der Waals surface area contributed by atoms with Gasteiger partial charge >= 0.3 is 5.97 Å². The summed E-state index contributed by atoms with van der Waals surface area (Å²) in [6.07, 6.45) is 1.86. The van der Waals surface area contributed by atoms with Gasteiger partial charge in [-0.1, -0.05) is 0 Å². The van der Waals surface area contributed by atoms with Crippen molar-refractivity contribution in [2.75, 3.05) is 44.0 Å². The van der Waals surface area contributed by atoms with E-state index in [2.05, 4.69) is 5.32 Å². The van der Waals surface area contributed by atoms with E-state index in [-0.39, 0.29) is 28.7 Å². The van der Waals surface area contributed by atoms with E-state index in [0.29, 0.717) is 25.2 Å². The average Bonchev–Trinajstić information content (AvgIpc) is 3.01. The van der Waals surface area contributed by atoms with Gasteiger partial charge in [0.1, 0.15) is 11.6 Å². The summed E-state index contributed by atoms with van der Waals surface area (Å²) in [5.41, 5.74) is 0.274. The molecular weight excluding hydrogens is 396 g/mol. The highest BCUT2D eigenvalue weighted by Crippen LogP contribution is 2.19. The number of rotatable bonds is 8. The summed E-state index contributed by atoms with van der Waals surface area (Å²) >= 11 is 0. The lowest BCUT2D eigenvalue weighted by molar-refractivity contribution is -0.112. The van der Waals surface area contributed by atoms with Gasteiger partial charge in [-0.2, -0.15) is 5.26 Å². The van der Waals surface area contributed by atoms with Crippen LogP contribution in [0.1, 0.15) is 16.8 Å². The Kier molecular flexibility index (Phi) is 7.36. The number of carbonyl (C=O) groups is 2. The van der Waals surface area contributed by atoms with E-state index >= 15 is 0 Å². The topological polar surface area (TPSA) is 131 Å². The standard InChI is InChI=1S/C19H24N4O5S/c1-22(2)8-9-23(17-7-10-29(27,28)13-17)12-15(11-20)18(24)21-16-5-3-14(4-6-16)19(25)26/h3-6,12,17H,7-10,13H2,1-2H3,(H,21,24)(H,25,26)/b15-12-. The number of aromatic carboxylic acids is 1.